The van der Waals surface area contributed by atoms with Crippen molar-refractivity contribution in [2.24, 2.45) is 0 Å². The Labute approximate surface area is 144 Å². The van der Waals surface area contributed by atoms with Crippen molar-refractivity contribution in [2.75, 3.05) is 26.4 Å². The maximum atomic E-state index is 2.56. The maximum absolute atomic E-state index is 2.56. The summed E-state index contributed by atoms with van der Waals surface area (Å²) in [5, 5.41) is 1.48. The fourth-order valence-corrected chi connectivity index (χ4v) is 5.00. The summed E-state index contributed by atoms with van der Waals surface area (Å²) in [5.41, 5.74) is 4.61. The average molecular weight is 339 g/mol. The summed E-state index contributed by atoms with van der Waals surface area (Å²) >= 11 is 2.15. The van der Waals surface area contributed by atoms with Crippen molar-refractivity contribution in [3.63, 3.8) is 0 Å². The molecule has 1 aromatic carbocycles. The Hall–Kier alpha value is -0.640. The molecule has 1 aliphatic heterocycles. The number of rotatable bonds is 4. The van der Waals surface area contributed by atoms with Crippen molar-refractivity contribution in [3.8, 4) is 0 Å². The second-order valence-corrected chi connectivity index (χ2v) is 8.07. The topological polar surface area (TPSA) is 8.17 Å². The lowest BCUT2D eigenvalue weighted by Gasteiger charge is -2.36. The third kappa shape index (κ3) is 2.91. The highest BCUT2D eigenvalue weighted by Crippen LogP contribution is 2.48. The number of aromatic nitrogens is 1. The largest absolute Gasteiger partial charge is 0.343 e. The van der Waals surface area contributed by atoms with E-state index in [-0.39, 0.29) is 17.2 Å². The van der Waals surface area contributed by atoms with Crippen molar-refractivity contribution < 1.29 is 0 Å². The third-order valence-electron chi connectivity index (χ3n) is 4.70. The molecule has 1 aliphatic rings. The first-order chi connectivity index (χ1) is 10.1. The van der Waals surface area contributed by atoms with Crippen LogP contribution >= 0.6 is 24.2 Å². The fourth-order valence-electron chi connectivity index (χ4n) is 3.64. The van der Waals surface area contributed by atoms with Gasteiger partial charge in [-0.2, -0.15) is 0 Å². The van der Waals surface area contributed by atoms with Gasteiger partial charge in [0.05, 0.1) is 4.75 Å². The zero-order valence-corrected chi connectivity index (χ0v) is 15.7. The molecule has 2 aromatic rings. The van der Waals surface area contributed by atoms with E-state index in [0.717, 1.165) is 13.1 Å². The molecule has 0 saturated carbocycles. The minimum atomic E-state index is 0. The van der Waals surface area contributed by atoms with Crippen LogP contribution in [-0.2, 0) is 17.7 Å². The molecule has 4 heteroatoms. The quantitative estimate of drug-likeness (QED) is 0.808. The maximum Gasteiger partial charge on any atom is 0.0547 e. The lowest BCUT2D eigenvalue weighted by Crippen LogP contribution is -2.31. The summed E-state index contributed by atoms with van der Waals surface area (Å²) in [6.07, 6.45) is 2.43. The van der Waals surface area contributed by atoms with Gasteiger partial charge in [0.15, 0.2) is 0 Å². The van der Waals surface area contributed by atoms with E-state index in [1.807, 2.05) is 0 Å². The first-order valence-electron chi connectivity index (χ1n) is 7.96. The van der Waals surface area contributed by atoms with Crippen molar-refractivity contribution in [2.45, 2.75) is 38.0 Å². The number of hydrogen-bond acceptors (Lipinski definition) is 2. The molecular weight excluding hydrogens is 312 g/mol. The van der Waals surface area contributed by atoms with Gasteiger partial charge in [-0.25, -0.2) is 0 Å². The van der Waals surface area contributed by atoms with Crippen LogP contribution in [0.3, 0.4) is 0 Å². The first kappa shape index (κ1) is 17.7. The zero-order valence-electron chi connectivity index (χ0n) is 14.1. The lowest BCUT2D eigenvalue weighted by atomic mass is 9.95. The molecule has 0 spiro atoms. The molecule has 22 heavy (non-hydrogen) atoms. The van der Waals surface area contributed by atoms with Crippen LogP contribution < -0.4 is 0 Å². The minimum absolute atomic E-state index is 0. The number of para-hydroxylation sites is 1. The standard InChI is InChI=1S/C18H26N2S.ClH/c1-5-20-16-9-7-6-8-14(16)15-10-13-21-18(2,17(15)20)11-12-19(3)4;/h6-9H,5,10-13H2,1-4H3;1H. The predicted octanol–water partition coefficient (Wildman–Crippen LogP) is 4.54. The number of aryl methyl sites for hydroxylation is 2. The van der Waals surface area contributed by atoms with E-state index in [1.165, 1.54) is 29.5 Å². The van der Waals surface area contributed by atoms with Gasteiger partial charge in [-0.1, -0.05) is 18.2 Å². The summed E-state index contributed by atoms with van der Waals surface area (Å²) in [7, 11) is 4.35. The van der Waals surface area contributed by atoms with Crippen molar-refractivity contribution in [1.29, 1.82) is 0 Å². The van der Waals surface area contributed by atoms with Crippen LogP contribution in [0.2, 0.25) is 0 Å². The van der Waals surface area contributed by atoms with E-state index in [0.29, 0.717) is 0 Å². The zero-order chi connectivity index (χ0) is 15.0. The van der Waals surface area contributed by atoms with Crippen LogP contribution in [0.15, 0.2) is 24.3 Å². The highest BCUT2D eigenvalue weighted by atomic mass is 35.5. The van der Waals surface area contributed by atoms with E-state index < -0.39 is 0 Å². The van der Waals surface area contributed by atoms with E-state index in [2.05, 4.69) is 73.4 Å². The van der Waals surface area contributed by atoms with Crippen molar-refractivity contribution in [3.05, 3.63) is 35.5 Å². The Morgan fingerprint density at radius 2 is 2.00 bits per heavy atom. The molecule has 122 valence electrons. The van der Waals surface area contributed by atoms with Crippen LogP contribution in [0.1, 0.15) is 31.5 Å². The smallest absolute Gasteiger partial charge is 0.0547 e. The van der Waals surface area contributed by atoms with Gasteiger partial charge in [0.1, 0.15) is 0 Å². The molecule has 2 nitrogen and oxygen atoms in total. The molecule has 0 N–H and O–H groups in total. The van der Waals surface area contributed by atoms with Gasteiger partial charge in [-0.05, 0) is 64.7 Å². The molecular formula is C18H27ClN2S. The van der Waals surface area contributed by atoms with E-state index in [4.69, 9.17) is 0 Å². The number of nitrogens with zero attached hydrogens (tertiary/aromatic N) is 2. The highest BCUT2D eigenvalue weighted by Gasteiger charge is 2.37. The third-order valence-corrected chi connectivity index (χ3v) is 6.14. The summed E-state index contributed by atoms with van der Waals surface area (Å²) < 4.78 is 2.80. The van der Waals surface area contributed by atoms with Gasteiger partial charge in [-0.3, -0.25) is 0 Å². The number of benzene rings is 1. The van der Waals surface area contributed by atoms with Crippen molar-refractivity contribution in [1.82, 2.24) is 9.47 Å². The molecule has 0 radical (unpaired) electrons. The van der Waals surface area contributed by atoms with Gasteiger partial charge in [0.2, 0.25) is 0 Å². The Bertz CT molecular complexity index is 617. The Morgan fingerprint density at radius 1 is 1.27 bits per heavy atom. The fraction of sp³-hybridized carbons (Fsp3) is 0.556. The molecule has 2 heterocycles. The molecule has 0 fully saturated rings. The minimum Gasteiger partial charge on any atom is -0.343 e. The predicted molar refractivity (Wildman–Crippen MR) is 102 cm³/mol. The Balaban J connectivity index is 0.00000176. The van der Waals surface area contributed by atoms with Crippen LogP contribution in [0, 0.1) is 0 Å². The Kier molecular flexibility index (Phi) is 5.52. The van der Waals surface area contributed by atoms with Crippen molar-refractivity contribution >= 4 is 35.1 Å². The van der Waals surface area contributed by atoms with Gasteiger partial charge < -0.3 is 9.47 Å². The molecule has 1 atom stereocenters. The monoisotopic (exact) mass is 338 g/mol. The lowest BCUT2D eigenvalue weighted by molar-refractivity contribution is 0.370. The summed E-state index contributed by atoms with van der Waals surface area (Å²) in [4.78, 5) is 2.30. The second-order valence-electron chi connectivity index (χ2n) is 6.47. The van der Waals surface area contributed by atoms with Gasteiger partial charge in [-0.15, -0.1) is 24.2 Å². The molecule has 3 rings (SSSR count). The summed E-state index contributed by atoms with van der Waals surface area (Å²) in [6.45, 7) is 6.94. The molecule has 0 saturated heterocycles. The molecule has 0 bridgehead atoms. The van der Waals surface area contributed by atoms with Crippen LogP contribution in [-0.4, -0.2) is 35.9 Å². The average Bonchev–Trinajstić information content (AvgIpc) is 2.81. The SMILES string of the molecule is CCn1c2c(c3ccccc31)CCSC2(C)CCN(C)C.Cl. The van der Waals surface area contributed by atoms with E-state index in [1.54, 1.807) is 11.3 Å². The molecule has 1 aromatic heterocycles. The molecule has 1 unspecified atom stereocenters. The number of hydrogen-bond donors (Lipinski definition) is 0. The number of thioether (sulfide) groups is 1. The first-order valence-corrected chi connectivity index (χ1v) is 8.94. The molecule has 0 aliphatic carbocycles. The van der Waals surface area contributed by atoms with Gasteiger partial charge in [0, 0.05) is 23.1 Å². The number of halogens is 1. The van der Waals surface area contributed by atoms with Crippen LogP contribution in [0.25, 0.3) is 10.9 Å². The second kappa shape index (κ2) is 6.86. The Morgan fingerprint density at radius 3 is 2.68 bits per heavy atom. The summed E-state index contributed by atoms with van der Waals surface area (Å²) in [5.74, 6) is 1.24. The van der Waals surface area contributed by atoms with E-state index >= 15 is 0 Å². The van der Waals surface area contributed by atoms with E-state index in [9.17, 15) is 0 Å². The van der Waals surface area contributed by atoms with Crippen LogP contribution in [0.5, 0.6) is 0 Å². The van der Waals surface area contributed by atoms with Crippen LogP contribution in [0.4, 0.5) is 0 Å². The molecule has 0 amide bonds. The normalized spacial score (nSPS) is 21.0. The van der Waals surface area contributed by atoms with Gasteiger partial charge >= 0.3 is 0 Å². The van der Waals surface area contributed by atoms with Gasteiger partial charge in [0.25, 0.3) is 0 Å². The number of fused-ring (bicyclic) bond motifs is 3. The summed E-state index contributed by atoms with van der Waals surface area (Å²) in [6, 6.07) is 8.95. The highest BCUT2D eigenvalue weighted by molar-refractivity contribution is 8.00.